The van der Waals surface area contributed by atoms with Gasteiger partial charge in [-0.2, -0.15) is 5.26 Å². The fourth-order valence-corrected chi connectivity index (χ4v) is 2.72. The molecule has 0 fully saturated rings. The predicted octanol–water partition coefficient (Wildman–Crippen LogP) is 1.29. The fraction of sp³-hybridized carbons (Fsp3) is 0.200. The van der Waals surface area contributed by atoms with Crippen LogP contribution in [0.25, 0.3) is 5.70 Å². The Balaban J connectivity index is 2.24. The molecule has 0 saturated heterocycles. The minimum atomic E-state index is -0.767. The molecule has 0 aliphatic carbocycles. The summed E-state index contributed by atoms with van der Waals surface area (Å²) in [5.41, 5.74) is 6.87. The van der Waals surface area contributed by atoms with Crippen molar-refractivity contribution < 1.29 is 14.4 Å². The lowest BCUT2D eigenvalue weighted by atomic mass is 9.86. The summed E-state index contributed by atoms with van der Waals surface area (Å²) >= 11 is 0. The van der Waals surface area contributed by atoms with Crippen LogP contribution in [-0.4, -0.2) is 32.2 Å². The van der Waals surface area contributed by atoms with Crippen LogP contribution in [0.5, 0.6) is 5.75 Å². The van der Waals surface area contributed by atoms with E-state index in [1.54, 1.807) is 31.2 Å². The zero-order chi connectivity index (χ0) is 18.8. The van der Waals surface area contributed by atoms with E-state index >= 15 is 0 Å². The van der Waals surface area contributed by atoms with E-state index in [0.29, 0.717) is 11.3 Å². The second-order valence-electron chi connectivity index (χ2n) is 5.24. The van der Waals surface area contributed by atoms with Crippen molar-refractivity contribution in [1.29, 1.82) is 5.26 Å². The van der Waals surface area contributed by atoms with Crippen LogP contribution >= 0.6 is 0 Å². The average molecular weight is 355 g/mol. The van der Waals surface area contributed by atoms with E-state index in [1.165, 1.54) is 7.11 Å². The Labute approximate surface area is 147 Å². The number of methoxy groups -OCH3 is 1. The van der Waals surface area contributed by atoms with E-state index in [9.17, 15) is 15.4 Å². The second-order valence-corrected chi connectivity index (χ2v) is 5.24. The monoisotopic (exact) mass is 355 g/mol. The van der Waals surface area contributed by atoms with E-state index in [4.69, 9.17) is 15.2 Å². The molecule has 11 heteroatoms. The van der Waals surface area contributed by atoms with Gasteiger partial charge in [0.15, 0.2) is 0 Å². The van der Waals surface area contributed by atoms with Gasteiger partial charge in [-0.1, -0.05) is 23.0 Å². The molecular formula is C15H13N7O4. The van der Waals surface area contributed by atoms with Gasteiger partial charge in [0.2, 0.25) is 5.88 Å². The number of tetrazole rings is 1. The van der Waals surface area contributed by atoms with Crippen molar-refractivity contribution in [3.8, 4) is 11.8 Å². The van der Waals surface area contributed by atoms with Crippen molar-refractivity contribution in [3.63, 3.8) is 0 Å². The highest BCUT2D eigenvalue weighted by molar-refractivity contribution is 5.68. The summed E-state index contributed by atoms with van der Waals surface area (Å²) in [5.74, 6) is -0.715. The lowest BCUT2D eigenvalue weighted by Gasteiger charge is -2.26. The molecule has 1 unspecified atom stereocenters. The van der Waals surface area contributed by atoms with Crippen molar-refractivity contribution in [3.05, 3.63) is 57.2 Å². The van der Waals surface area contributed by atoms with Crippen LogP contribution in [0.1, 0.15) is 18.4 Å². The normalized spacial score (nSPS) is 16.9. The smallest absolute Gasteiger partial charge is 0.496 e. The van der Waals surface area contributed by atoms with Crippen LogP contribution in [0, 0.1) is 21.4 Å². The SMILES string of the molecule is COc1ccccc1C1C(C#N)=C(N)OC(C)=C1n1nnc([N+](=O)[O-])n1. The number of nitriles is 1. The standard InChI is InChI=1S/C15H13N7O4/c1-8-13(21-19-15(18-20-21)22(23)24)12(10(7-16)14(17)26-8)9-5-3-4-6-11(9)25-2/h3-6,12H,17H2,1-2H3. The largest absolute Gasteiger partial charge is 0.515 e. The molecule has 2 N–H and O–H groups in total. The maximum absolute atomic E-state index is 10.9. The highest BCUT2D eigenvalue weighted by Crippen LogP contribution is 2.43. The molecule has 0 spiro atoms. The van der Waals surface area contributed by atoms with E-state index in [0.717, 1.165) is 4.80 Å². The van der Waals surface area contributed by atoms with Gasteiger partial charge in [-0.25, -0.2) is 0 Å². The van der Waals surface area contributed by atoms with Crippen LogP contribution in [-0.2, 0) is 4.74 Å². The third-order valence-electron chi connectivity index (χ3n) is 3.80. The molecular weight excluding hydrogens is 342 g/mol. The number of hydrogen-bond donors (Lipinski definition) is 1. The number of nitrogens with zero attached hydrogens (tertiary/aromatic N) is 6. The summed E-state index contributed by atoms with van der Waals surface area (Å²) in [7, 11) is 1.49. The zero-order valence-corrected chi connectivity index (χ0v) is 13.8. The summed E-state index contributed by atoms with van der Waals surface area (Å²) in [6.45, 7) is 1.59. The summed E-state index contributed by atoms with van der Waals surface area (Å²) in [6.07, 6.45) is 0. The Kier molecular flexibility index (Phi) is 4.24. The number of aromatic nitrogens is 4. The van der Waals surface area contributed by atoms with Crippen LogP contribution < -0.4 is 10.5 Å². The Hall–Kier alpha value is -3.94. The Morgan fingerprint density at radius 1 is 1.46 bits per heavy atom. The number of benzene rings is 1. The van der Waals surface area contributed by atoms with Gasteiger partial charge in [-0.15, -0.1) is 0 Å². The average Bonchev–Trinajstić information content (AvgIpc) is 3.11. The first-order valence-corrected chi connectivity index (χ1v) is 7.34. The van der Waals surface area contributed by atoms with Crippen molar-refractivity contribution in [2.45, 2.75) is 12.8 Å². The van der Waals surface area contributed by atoms with Gasteiger partial charge in [0.1, 0.15) is 28.8 Å². The number of nitrogens with two attached hydrogens (primary N) is 1. The topological polar surface area (TPSA) is 155 Å². The molecule has 0 radical (unpaired) electrons. The van der Waals surface area contributed by atoms with Crippen molar-refractivity contribution in [2.75, 3.05) is 7.11 Å². The zero-order valence-electron chi connectivity index (χ0n) is 13.8. The molecule has 2 heterocycles. The van der Waals surface area contributed by atoms with Crippen molar-refractivity contribution in [2.24, 2.45) is 5.73 Å². The number of hydrogen-bond acceptors (Lipinski definition) is 9. The molecule has 0 saturated carbocycles. The number of ether oxygens (including phenoxy) is 2. The predicted molar refractivity (Wildman–Crippen MR) is 87.0 cm³/mol. The molecule has 0 amide bonds. The number of nitro groups is 1. The molecule has 26 heavy (non-hydrogen) atoms. The summed E-state index contributed by atoms with van der Waals surface area (Å²) < 4.78 is 10.8. The molecule has 132 valence electrons. The van der Waals surface area contributed by atoms with Gasteiger partial charge in [0.25, 0.3) is 0 Å². The van der Waals surface area contributed by atoms with Gasteiger partial charge in [0, 0.05) is 5.56 Å². The van der Waals surface area contributed by atoms with Gasteiger partial charge in [-0.05, 0) is 17.9 Å². The van der Waals surface area contributed by atoms with Crippen LogP contribution in [0.3, 0.4) is 0 Å². The van der Waals surface area contributed by atoms with Crippen molar-refractivity contribution >= 4 is 11.6 Å². The van der Waals surface area contributed by atoms with Crippen LogP contribution in [0.15, 0.2) is 41.5 Å². The van der Waals surface area contributed by atoms with Crippen LogP contribution in [0.2, 0.25) is 0 Å². The fourth-order valence-electron chi connectivity index (χ4n) is 2.72. The quantitative estimate of drug-likeness (QED) is 0.630. The molecule has 1 aliphatic rings. The number of para-hydroxylation sites is 1. The Morgan fingerprint density at radius 2 is 2.19 bits per heavy atom. The maximum atomic E-state index is 10.9. The lowest BCUT2D eigenvalue weighted by Crippen LogP contribution is -2.23. The first-order chi connectivity index (χ1) is 12.5. The first-order valence-electron chi connectivity index (χ1n) is 7.34. The van der Waals surface area contributed by atoms with Gasteiger partial charge < -0.3 is 25.3 Å². The van der Waals surface area contributed by atoms with E-state index in [-0.39, 0.29) is 22.9 Å². The number of rotatable bonds is 4. The Bertz CT molecular complexity index is 986. The minimum absolute atomic E-state index is 0.0701. The number of allylic oxidation sites excluding steroid dienone is 3. The van der Waals surface area contributed by atoms with Crippen LogP contribution in [0.4, 0.5) is 5.95 Å². The highest BCUT2D eigenvalue weighted by atomic mass is 16.6. The molecule has 1 aromatic carbocycles. The Morgan fingerprint density at radius 3 is 2.81 bits per heavy atom. The van der Waals surface area contributed by atoms with E-state index in [2.05, 4.69) is 15.4 Å². The van der Waals surface area contributed by atoms with Gasteiger partial charge in [0.05, 0.1) is 28.4 Å². The molecule has 1 atom stereocenters. The van der Waals surface area contributed by atoms with Crippen molar-refractivity contribution in [1.82, 2.24) is 20.2 Å². The summed E-state index contributed by atoms with van der Waals surface area (Å²) in [4.78, 5) is 11.1. The molecule has 3 rings (SSSR count). The lowest BCUT2D eigenvalue weighted by molar-refractivity contribution is -0.394. The first kappa shape index (κ1) is 16.9. The summed E-state index contributed by atoms with van der Waals surface area (Å²) in [5, 5.41) is 31.3. The molecule has 1 aromatic heterocycles. The molecule has 0 bridgehead atoms. The second kappa shape index (κ2) is 6.52. The summed E-state index contributed by atoms with van der Waals surface area (Å²) in [6, 6.07) is 9.03. The third kappa shape index (κ3) is 2.69. The molecule has 11 nitrogen and oxygen atoms in total. The van der Waals surface area contributed by atoms with E-state index in [1.807, 2.05) is 6.07 Å². The minimum Gasteiger partial charge on any atom is -0.496 e. The maximum Gasteiger partial charge on any atom is 0.515 e. The third-order valence-corrected chi connectivity index (χ3v) is 3.80. The molecule has 1 aliphatic heterocycles. The van der Waals surface area contributed by atoms with Gasteiger partial charge >= 0.3 is 5.95 Å². The van der Waals surface area contributed by atoms with E-state index < -0.39 is 16.8 Å². The highest BCUT2D eigenvalue weighted by Gasteiger charge is 2.37. The van der Waals surface area contributed by atoms with Gasteiger partial charge in [-0.3, -0.25) is 0 Å². The molecule has 2 aromatic rings.